The molecule has 116 valence electrons. The Kier molecular flexibility index (Phi) is 3.87. The highest BCUT2D eigenvalue weighted by atomic mass is 79.9. The molecule has 0 bridgehead atoms. The molecule has 3 rings (SSSR count). The lowest BCUT2D eigenvalue weighted by molar-refractivity contribution is 0.0660. The number of carbonyl (C=O) groups is 2. The number of carbonyl (C=O) groups excluding carboxylic acids is 2. The second kappa shape index (κ2) is 5.85. The summed E-state index contributed by atoms with van der Waals surface area (Å²) in [5.41, 5.74) is 0.934. The number of halogens is 1. The highest BCUT2D eigenvalue weighted by Crippen LogP contribution is 2.32. The molecule has 0 unspecified atom stereocenters. The fourth-order valence-electron chi connectivity index (χ4n) is 2.25. The molecular formula is C16H11BrN2O4. The van der Waals surface area contributed by atoms with E-state index in [1.54, 1.807) is 36.4 Å². The normalized spacial score (nSPS) is 13.7. The maximum atomic E-state index is 12.2. The number of hydrogen-bond acceptors (Lipinski definition) is 5. The topological polar surface area (TPSA) is 79.2 Å². The fraction of sp³-hybridized carbons (Fsp3) is 0.0625. The van der Waals surface area contributed by atoms with Gasteiger partial charge < -0.3 is 9.84 Å². The molecule has 2 aromatic carbocycles. The van der Waals surface area contributed by atoms with Gasteiger partial charge in [0.2, 0.25) is 0 Å². The van der Waals surface area contributed by atoms with Gasteiger partial charge in [-0.25, -0.2) is 0 Å². The van der Waals surface area contributed by atoms with Crippen LogP contribution in [0.1, 0.15) is 26.3 Å². The summed E-state index contributed by atoms with van der Waals surface area (Å²) in [6.07, 6.45) is 1.24. The van der Waals surface area contributed by atoms with Crippen molar-refractivity contribution >= 4 is 34.0 Å². The van der Waals surface area contributed by atoms with Crippen molar-refractivity contribution in [2.75, 3.05) is 7.11 Å². The highest BCUT2D eigenvalue weighted by Gasteiger charge is 2.35. The SMILES string of the molecule is COc1cc(Br)cc(/C=N/N2C(=O)c3ccccc3C2=O)c1O. The van der Waals surface area contributed by atoms with Crippen LogP contribution in [0.25, 0.3) is 0 Å². The standard InChI is InChI=1S/C16H11BrN2O4/c1-23-13-7-10(17)6-9(14(13)20)8-18-19-15(21)11-4-2-3-5-12(11)16(19)22/h2-8,20H,1H3/b18-8+. The quantitative estimate of drug-likeness (QED) is 0.661. The Morgan fingerprint density at radius 3 is 2.35 bits per heavy atom. The van der Waals surface area contributed by atoms with Crippen LogP contribution in [0.2, 0.25) is 0 Å². The van der Waals surface area contributed by atoms with Crippen LogP contribution in [0.4, 0.5) is 0 Å². The van der Waals surface area contributed by atoms with E-state index in [2.05, 4.69) is 21.0 Å². The van der Waals surface area contributed by atoms with Gasteiger partial charge in [-0.1, -0.05) is 28.1 Å². The van der Waals surface area contributed by atoms with E-state index < -0.39 is 11.8 Å². The minimum Gasteiger partial charge on any atom is -0.504 e. The monoisotopic (exact) mass is 374 g/mol. The molecule has 1 aliphatic heterocycles. The molecule has 0 spiro atoms. The number of fused-ring (bicyclic) bond motifs is 1. The molecule has 2 amide bonds. The second-order valence-corrected chi connectivity index (χ2v) is 5.67. The first-order valence-electron chi connectivity index (χ1n) is 6.61. The number of hydrogen-bond donors (Lipinski definition) is 1. The summed E-state index contributed by atoms with van der Waals surface area (Å²) in [6, 6.07) is 9.70. The number of ether oxygens (including phenoxy) is 1. The van der Waals surface area contributed by atoms with Crippen molar-refractivity contribution in [2.45, 2.75) is 0 Å². The molecule has 0 fully saturated rings. The zero-order valence-corrected chi connectivity index (χ0v) is 13.6. The van der Waals surface area contributed by atoms with Gasteiger partial charge >= 0.3 is 0 Å². The molecule has 0 saturated heterocycles. The van der Waals surface area contributed by atoms with Crippen LogP contribution in [0.5, 0.6) is 11.5 Å². The van der Waals surface area contributed by atoms with E-state index in [9.17, 15) is 14.7 Å². The number of nitrogens with zero attached hydrogens (tertiary/aromatic N) is 2. The van der Waals surface area contributed by atoms with Crippen molar-refractivity contribution in [3.05, 3.63) is 57.6 Å². The lowest BCUT2D eigenvalue weighted by Gasteiger charge is -2.08. The van der Waals surface area contributed by atoms with Gasteiger partial charge in [0.25, 0.3) is 11.8 Å². The van der Waals surface area contributed by atoms with Gasteiger partial charge in [0.1, 0.15) is 0 Å². The number of phenols is 1. The molecule has 1 aliphatic rings. The maximum absolute atomic E-state index is 12.2. The number of imide groups is 1. The predicted octanol–water partition coefficient (Wildman–Crippen LogP) is 2.79. The van der Waals surface area contributed by atoms with E-state index >= 15 is 0 Å². The van der Waals surface area contributed by atoms with Crippen molar-refractivity contribution in [2.24, 2.45) is 5.10 Å². The third-order valence-corrected chi connectivity index (χ3v) is 3.83. The van der Waals surface area contributed by atoms with Crippen molar-refractivity contribution in [3.63, 3.8) is 0 Å². The average Bonchev–Trinajstić information content (AvgIpc) is 2.80. The number of methoxy groups -OCH3 is 1. The molecule has 0 radical (unpaired) electrons. The van der Waals surface area contributed by atoms with Crippen LogP contribution < -0.4 is 4.74 Å². The summed E-state index contributed by atoms with van der Waals surface area (Å²) >= 11 is 3.29. The Hall–Kier alpha value is -2.67. The Morgan fingerprint density at radius 2 is 1.78 bits per heavy atom. The summed E-state index contributed by atoms with van der Waals surface area (Å²) < 4.78 is 5.70. The van der Waals surface area contributed by atoms with Gasteiger partial charge in [0.05, 0.1) is 24.5 Å². The number of hydrazone groups is 1. The molecule has 23 heavy (non-hydrogen) atoms. The lowest BCUT2D eigenvalue weighted by atomic mass is 10.1. The first-order valence-corrected chi connectivity index (χ1v) is 7.40. The molecule has 1 N–H and O–H groups in total. The van der Waals surface area contributed by atoms with Crippen molar-refractivity contribution in [1.29, 1.82) is 0 Å². The van der Waals surface area contributed by atoms with Crippen LogP contribution in [0.3, 0.4) is 0 Å². The smallest absolute Gasteiger partial charge is 0.282 e. The Balaban J connectivity index is 1.95. The summed E-state index contributed by atoms with van der Waals surface area (Å²) in [4.78, 5) is 24.4. The second-order valence-electron chi connectivity index (χ2n) is 4.76. The molecular weight excluding hydrogens is 364 g/mol. The maximum Gasteiger partial charge on any atom is 0.282 e. The number of aromatic hydroxyl groups is 1. The van der Waals surface area contributed by atoms with Crippen LogP contribution in [0, 0.1) is 0 Å². The zero-order valence-electron chi connectivity index (χ0n) is 12.0. The van der Waals surface area contributed by atoms with E-state index in [1.165, 1.54) is 13.3 Å². The number of phenolic OH excluding ortho intramolecular Hbond substituents is 1. The Bertz CT molecular complexity index is 813. The van der Waals surface area contributed by atoms with Gasteiger partial charge in [-0.2, -0.15) is 10.1 Å². The van der Waals surface area contributed by atoms with E-state index in [0.29, 0.717) is 21.2 Å². The van der Waals surface area contributed by atoms with Crippen LogP contribution >= 0.6 is 15.9 Å². The van der Waals surface area contributed by atoms with E-state index in [4.69, 9.17) is 4.74 Å². The molecule has 0 aromatic heterocycles. The Labute approximate surface area is 140 Å². The fourth-order valence-corrected chi connectivity index (χ4v) is 2.70. The number of benzene rings is 2. The summed E-state index contributed by atoms with van der Waals surface area (Å²) in [6.45, 7) is 0. The molecule has 0 aliphatic carbocycles. The summed E-state index contributed by atoms with van der Waals surface area (Å²) in [5.74, 6) is -0.870. The molecule has 0 atom stereocenters. The van der Waals surface area contributed by atoms with Crippen LogP contribution in [0.15, 0.2) is 46.0 Å². The minimum absolute atomic E-state index is 0.129. The van der Waals surface area contributed by atoms with Gasteiger partial charge in [0.15, 0.2) is 11.5 Å². The minimum atomic E-state index is -0.497. The predicted molar refractivity (Wildman–Crippen MR) is 86.9 cm³/mol. The molecule has 6 nitrogen and oxygen atoms in total. The van der Waals surface area contributed by atoms with Crippen molar-refractivity contribution < 1.29 is 19.4 Å². The first kappa shape index (κ1) is 15.2. The lowest BCUT2D eigenvalue weighted by Crippen LogP contribution is -2.24. The first-order chi connectivity index (χ1) is 11.0. The van der Waals surface area contributed by atoms with Gasteiger partial charge in [0, 0.05) is 10.0 Å². The van der Waals surface area contributed by atoms with Crippen LogP contribution in [-0.4, -0.2) is 35.3 Å². The van der Waals surface area contributed by atoms with Gasteiger partial charge in [-0.3, -0.25) is 9.59 Å². The van der Waals surface area contributed by atoms with Crippen molar-refractivity contribution in [1.82, 2.24) is 5.01 Å². The van der Waals surface area contributed by atoms with Gasteiger partial charge in [-0.15, -0.1) is 0 Å². The highest BCUT2D eigenvalue weighted by molar-refractivity contribution is 9.10. The molecule has 0 saturated carbocycles. The molecule has 1 heterocycles. The Morgan fingerprint density at radius 1 is 1.17 bits per heavy atom. The largest absolute Gasteiger partial charge is 0.504 e. The number of rotatable bonds is 3. The summed E-state index contributed by atoms with van der Waals surface area (Å²) in [5, 5.41) is 14.8. The van der Waals surface area contributed by atoms with E-state index in [0.717, 1.165) is 5.01 Å². The van der Waals surface area contributed by atoms with E-state index in [-0.39, 0.29) is 11.5 Å². The number of amides is 2. The van der Waals surface area contributed by atoms with Crippen LogP contribution in [-0.2, 0) is 0 Å². The van der Waals surface area contributed by atoms with Gasteiger partial charge in [-0.05, 0) is 24.3 Å². The molecule has 2 aromatic rings. The average molecular weight is 375 g/mol. The zero-order chi connectivity index (χ0) is 16.6. The van der Waals surface area contributed by atoms with Crippen molar-refractivity contribution in [3.8, 4) is 11.5 Å². The third-order valence-electron chi connectivity index (χ3n) is 3.37. The third kappa shape index (κ3) is 2.59. The van der Waals surface area contributed by atoms with E-state index in [1.807, 2.05) is 0 Å². The summed E-state index contributed by atoms with van der Waals surface area (Å²) in [7, 11) is 1.42. The molecule has 7 heteroatoms.